The molecule has 0 fully saturated rings. The molecule has 0 unspecified atom stereocenters. The zero-order valence-corrected chi connectivity index (χ0v) is 10.0. The summed E-state index contributed by atoms with van der Waals surface area (Å²) in [6.45, 7) is 0.0643. The van der Waals surface area contributed by atoms with Crippen molar-refractivity contribution in [1.29, 1.82) is 0 Å². The first-order valence-electron chi connectivity index (χ1n) is 5.52. The van der Waals surface area contributed by atoms with E-state index in [0.29, 0.717) is 16.9 Å². The zero-order chi connectivity index (χ0) is 13.8. The van der Waals surface area contributed by atoms with Crippen molar-refractivity contribution >= 4 is 23.2 Å². The molecule has 0 atom stereocenters. The molecule has 19 heavy (non-hydrogen) atoms. The minimum Gasteiger partial charge on any atom is -0.396 e. The zero-order valence-electron chi connectivity index (χ0n) is 10.0. The van der Waals surface area contributed by atoms with E-state index >= 15 is 0 Å². The van der Waals surface area contributed by atoms with Crippen LogP contribution in [0.4, 0.5) is 11.4 Å². The highest BCUT2D eigenvalue weighted by Gasteiger charge is 2.05. The highest BCUT2D eigenvalue weighted by Crippen LogP contribution is 2.09. The molecular formula is C12H13N5O2. The largest absolute Gasteiger partial charge is 0.396 e. The van der Waals surface area contributed by atoms with Gasteiger partial charge in [0.1, 0.15) is 6.54 Å². The number of benzene rings is 1. The maximum atomic E-state index is 11.7. The average molecular weight is 259 g/mol. The summed E-state index contributed by atoms with van der Waals surface area (Å²) in [6.07, 6.45) is 3.03. The van der Waals surface area contributed by atoms with Crippen LogP contribution in [0.25, 0.3) is 0 Å². The van der Waals surface area contributed by atoms with Crippen molar-refractivity contribution in [2.45, 2.75) is 6.54 Å². The predicted molar refractivity (Wildman–Crippen MR) is 70.2 cm³/mol. The van der Waals surface area contributed by atoms with E-state index in [1.54, 1.807) is 30.5 Å². The molecule has 7 heteroatoms. The van der Waals surface area contributed by atoms with E-state index in [1.165, 1.54) is 10.9 Å². The van der Waals surface area contributed by atoms with Gasteiger partial charge in [-0.2, -0.15) is 5.10 Å². The third-order valence-corrected chi connectivity index (χ3v) is 2.41. The topological polar surface area (TPSA) is 116 Å². The second kappa shape index (κ2) is 5.21. The number of aromatic nitrogens is 2. The quantitative estimate of drug-likeness (QED) is 0.727. The van der Waals surface area contributed by atoms with Crippen LogP contribution in [-0.4, -0.2) is 21.6 Å². The molecule has 0 aliphatic rings. The number of anilines is 2. The first-order chi connectivity index (χ1) is 9.04. The van der Waals surface area contributed by atoms with Crippen LogP contribution >= 0.6 is 0 Å². The predicted octanol–water partition coefficient (Wildman–Crippen LogP) is 0.203. The summed E-state index contributed by atoms with van der Waals surface area (Å²) in [5.41, 5.74) is 12.1. The Morgan fingerprint density at radius 1 is 1.26 bits per heavy atom. The van der Waals surface area contributed by atoms with Crippen molar-refractivity contribution in [3.05, 3.63) is 42.2 Å². The SMILES string of the molecule is NC(=O)c1ccc(NC(=O)Cn2cc(N)cn2)cc1. The van der Waals surface area contributed by atoms with Gasteiger partial charge in [0.15, 0.2) is 0 Å². The number of hydrogen-bond acceptors (Lipinski definition) is 4. The van der Waals surface area contributed by atoms with E-state index < -0.39 is 5.91 Å². The minimum atomic E-state index is -0.509. The van der Waals surface area contributed by atoms with Gasteiger partial charge in [0, 0.05) is 17.4 Å². The summed E-state index contributed by atoms with van der Waals surface area (Å²) in [5, 5.41) is 6.58. The maximum absolute atomic E-state index is 11.7. The van der Waals surface area contributed by atoms with E-state index in [4.69, 9.17) is 11.5 Å². The Kier molecular flexibility index (Phi) is 3.46. The molecule has 0 saturated carbocycles. The Hall–Kier alpha value is -2.83. The molecule has 2 rings (SSSR count). The van der Waals surface area contributed by atoms with Gasteiger partial charge < -0.3 is 16.8 Å². The first kappa shape index (κ1) is 12.6. The molecule has 0 bridgehead atoms. The number of primary amides is 1. The van der Waals surface area contributed by atoms with E-state index in [0.717, 1.165) is 0 Å². The number of nitrogens with one attached hydrogen (secondary N) is 1. The number of nitrogen functional groups attached to an aromatic ring is 1. The number of hydrogen-bond donors (Lipinski definition) is 3. The number of nitrogens with two attached hydrogens (primary N) is 2. The molecule has 5 N–H and O–H groups in total. The first-order valence-corrected chi connectivity index (χ1v) is 5.52. The molecular weight excluding hydrogens is 246 g/mol. The summed E-state index contributed by atoms with van der Waals surface area (Å²) < 4.78 is 1.43. The molecule has 0 radical (unpaired) electrons. The summed E-state index contributed by atoms with van der Waals surface area (Å²) in [4.78, 5) is 22.6. The van der Waals surface area contributed by atoms with Crippen LogP contribution in [0.3, 0.4) is 0 Å². The lowest BCUT2D eigenvalue weighted by Gasteiger charge is -2.05. The molecule has 2 aromatic rings. The molecule has 1 aromatic carbocycles. The lowest BCUT2D eigenvalue weighted by atomic mass is 10.2. The number of nitrogens with zero attached hydrogens (tertiary/aromatic N) is 2. The monoisotopic (exact) mass is 259 g/mol. The summed E-state index contributed by atoms with van der Waals surface area (Å²) in [6, 6.07) is 6.30. The number of rotatable bonds is 4. The second-order valence-electron chi connectivity index (χ2n) is 3.96. The Morgan fingerprint density at radius 2 is 1.95 bits per heavy atom. The highest BCUT2D eigenvalue weighted by atomic mass is 16.2. The summed E-state index contributed by atoms with van der Waals surface area (Å²) in [5.74, 6) is -0.750. The van der Waals surface area contributed by atoms with Crippen LogP contribution in [0, 0.1) is 0 Å². The molecule has 0 saturated heterocycles. The van der Waals surface area contributed by atoms with Gasteiger partial charge in [-0.25, -0.2) is 0 Å². The van der Waals surface area contributed by atoms with Crippen LogP contribution in [0.5, 0.6) is 0 Å². The van der Waals surface area contributed by atoms with Crippen molar-refractivity contribution in [3.63, 3.8) is 0 Å². The van der Waals surface area contributed by atoms with Gasteiger partial charge in [0.05, 0.1) is 11.9 Å². The van der Waals surface area contributed by atoms with E-state index in [2.05, 4.69) is 10.4 Å². The fraction of sp³-hybridized carbons (Fsp3) is 0.0833. The lowest BCUT2D eigenvalue weighted by molar-refractivity contribution is -0.116. The van der Waals surface area contributed by atoms with Crippen molar-refractivity contribution in [2.24, 2.45) is 5.73 Å². The Balaban J connectivity index is 1.97. The van der Waals surface area contributed by atoms with Gasteiger partial charge in [0.2, 0.25) is 11.8 Å². The molecule has 1 heterocycles. The van der Waals surface area contributed by atoms with E-state index in [9.17, 15) is 9.59 Å². The van der Waals surface area contributed by atoms with Gasteiger partial charge in [-0.15, -0.1) is 0 Å². The molecule has 2 amide bonds. The Bertz CT molecular complexity index is 603. The van der Waals surface area contributed by atoms with Crippen LogP contribution in [0.2, 0.25) is 0 Å². The third kappa shape index (κ3) is 3.32. The summed E-state index contributed by atoms with van der Waals surface area (Å²) in [7, 11) is 0. The molecule has 0 aliphatic carbocycles. The van der Waals surface area contributed by atoms with Crippen LogP contribution in [0.15, 0.2) is 36.7 Å². The lowest BCUT2D eigenvalue weighted by Crippen LogP contribution is -2.19. The molecule has 98 valence electrons. The van der Waals surface area contributed by atoms with Crippen LogP contribution in [-0.2, 0) is 11.3 Å². The fourth-order valence-electron chi connectivity index (χ4n) is 1.53. The molecule has 0 aliphatic heterocycles. The fourth-order valence-corrected chi connectivity index (χ4v) is 1.53. The number of amides is 2. The third-order valence-electron chi connectivity index (χ3n) is 2.41. The van der Waals surface area contributed by atoms with Gasteiger partial charge in [-0.1, -0.05) is 0 Å². The van der Waals surface area contributed by atoms with Gasteiger partial charge in [0.25, 0.3) is 0 Å². The van der Waals surface area contributed by atoms with Gasteiger partial charge >= 0.3 is 0 Å². The minimum absolute atomic E-state index is 0.0643. The molecule has 0 spiro atoms. The normalized spacial score (nSPS) is 10.1. The summed E-state index contributed by atoms with van der Waals surface area (Å²) >= 11 is 0. The molecule has 7 nitrogen and oxygen atoms in total. The van der Waals surface area contributed by atoms with E-state index in [1.807, 2.05) is 0 Å². The Morgan fingerprint density at radius 3 is 2.47 bits per heavy atom. The van der Waals surface area contributed by atoms with Crippen molar-refractivity contribution in [2.75, 3.05) is 11.1 Å². The Labute approximate surface area is 109 Å². The van der Waals surface area contributed by atoms with Gasteiger partial charge in [-0.05, 0) is 24.3 Å². The van der Waals surface area contributed by atoms with Crippen molar-refractivity contribution in [1.82, 2.24) is 9.78 Å². The standard InChI is InChI=1S/C12H13N5O2/c13-9-5-15-17(6-9)7-11(18)16-10-3-1-8(2-4-10)12(14)19/h1-6H,7,13H2,(H2,14,19)(H,16,18). The van der Waals surface area contributed by atoms with Crippen molar-refractivity contribution in [3.8, 4) is 0 Å². The van der Waals surface area contributed by atoms with Crippen molar-refractivity contribution < 1.29 is 9.59 Å². The average Bonchev–Trinajstić information content (AvgIpc) is 2.75. The second-order valence-corrected chi connectivity index (χ2v) is 3.96. The highest BCUT2D eigenvalue weighted by molar-refractivity contribution is 5.94. The maximum Gasteiger partial charge on any atom is 0.248 e. The van der Waals surface area contributed by atoms with Gasteiger partial charge in [-0.3, -0.25) is 14.3 Å². The van der Waals surface area contributed by atoms with Crippen LogP contribution < -0.4 is 16.8 Å². The smallest absolute Gasteiger partial charge is 0.248 e. The molecule has 1 aromatic heterocycles. The van der Waals surface area contributed by atoms with E-state index in [-0.39, 0.29) is 12.5 Å². The van der Waals surface area contributed by atoms with Crippen LogP contribution in [0.1, 0.15) is 10.4 Å². The number of carbonyl (C=O) groups excluding carboxylic acids is 2. The number of carbonyl (C=O) groups is 2.